The van der Waals surface area contributed by atoms with E-state index in [1.165, 1.54) is 16.1 Å². The third-order valence-electron chi connectivity index (χ3n) is 12.3. The lowest BCUT2D eigenvalue weighted by molar-refractivity contribution is -0.0730. The Balaban J connectivity index is 1.33. The molecule has 3 aliphatic rings. The first-order chi connectivity index (χ1) is 25.9. The van der Waals surface area contributed by atoms with Crippen molar-refractivity contribution in [1.29, 1.82) is 0 Å². The highest BCUT2D eigenvalue weighted by Gasteiger charge is 2.58. The van der Waals surface area contributed by atoms with Gasteiger partial charge in [-0.05, 0) is 102 Å². The van der Waals surface area contributed by atoms with Crippen LogP contribution in [0.3, 0.4) is 0 Å². The molecule has 3 aliphatic carbocycles. The number of ketones is 1. The van der Waals surface area contributed by atoms with Gasteiger partial charge in [-0.3, -0.25) is 4.79 Å². The average molecular weight is 742 g/mol. The van der Waals surface area contributed by atoms with Gasteiger partial charge < -0.3 is 10.2 Å². The van der Waals surface area contributed by atoms with Gasteiger partial charge in [0.15, 0.2) is 5.78 Å². The van der Waals surface area contributed by atoms with Crippen molar-refractivity contribution in [3.8, 4) is 11.1 Å². The Kier molecular flexibility index (Phi) is 10.8. The van der Waals surface area contributed by atoms with Crippen LogP contribution in [0, 0.1) is 5.41 Å². The molecule has 0 spiro atoms. The van der Waals surface area contributed by atoms with E-state index in [1.54, 1.807) is 0 Å². The number of rotatable bonds is 8. The van der Waals surface area contributed by atoms with E-state index in [2.05, 4.69) is 19.9 Å². The van der Waals surface area contributed by atoms with E-state index in [0.29, 0.717) is 49.7 Å². The van der Waals surface area contributed by atoms with Gasteiger partial charge in [0, 0.05) is 29.6 Å². The van der Waals surface area contributed by atoms with Crippen LogP contribution in [0.2, 0.25) is 0 Å². The zero-order chi connectivity index (χ0) is 38.1. The standard InChI is InChI=1S/C47H51NO5S/c1-33-13-12-27-46(2)44(26-28-47(46,51)32-48(54(3,52)53)31-37-18-11-17-35-16-7-8-19-39(35)37)41-25-23-34(29-38(49)24-22-33)30-43(41)45(50)42-21-10-9-20-40(42)36-14-5-4-6-15-36/h4-11,13-21,23,25,30,38,44,49,51H,12,22,24,26-29,31-32H2,1-3H3/t38-,44-,46-,47+/m0/s1. The molecule has 54 heavy (non-hydrogen) atoms. The number of benzene rings is 5. The number of aliphatic hydroxyl groups is 2. The molecule has 7 heteroatoms. The quantitative estimate of drug-likeness (QED) is 0.122. The van der Waals surface area contributed by atoms with E-state index < -0.39 is 27.1 Å². The fourth-order valence-electron chi connectivity index (χ4n) is 9.09. The molecule has 0 radical (unpaired) electrons. The summed E-state index contributed by atoms with van der Waals surface area (Å²) in [4.78, 5) is 15.0. The molecule has 1 saturated carbocycles. The van der Waals surface area contributed by atoms with Gasteiger partial charge in [0.1, 0.15) is 0 Å². The number of carbonyl (C=O) groups is 1. The Bertz CT molecular complexity index is 2290. The van der Waals surface area contributed by atoms with E-state index in [-0.39, 0.29) is 24.8 Å². The Morgan fingerprint density at radius 2 is 1.57 bits per heavy atom. The maximum absolute atomic E-state index is 15.0. The highest BCUT2D eigenvalue weighted by molar-refractivity contribution is 7.88. The van der Waals surface area contributed by atoms with Gasteiger partial charge in [-0.25, -0.2) is 8.42 Å². The van der Waals surface area contributed by atoms with Crippen LogP contribution in [0.1, 0.15) is 90.9 Å². The van der Waals surface area contributed by atoms with Crippen LogP contribution in [0.4, 0.5) is 0 Å². The fraction of sp³-hybridized carbons (Fsp3) is 0.340. The first-order valence-corrected chi connectivity index (χ1v) is 21.0. The monoisotopic (exact) mass is 741 g/mol. The lowest BCUT2D eigenvalue weighted by Gasteiger charge is -2.45. The first kappa shape index (κ1) is 37.9. The van der Waals surface area contributed by atoms with Gasteiger partial charge in [-0.15, -0.1) is 0 Å². The summed E-state index contributed by atoms with van der Waals surface area (Å²) in [6.45, 7) is 4.26. The minimum atomic E-state index is -3.74. The lowest BCUT2D eigenvalue weighted by Crippen LogP contribution is -2.53. The molecule has 0 unspecified atom stereocenters. The number of aliphatic hydroxyl groups excluding tert-OH is 1. The van der Waals surface area contributed by atoms with E-state index in [4.69, 9.17) is 0 Å². The predicted octanol–water partition coefficient (Wildman–Crippen LogP) is 9.24. The zero-order valence-corrected chi connectivity index (χ0v) is 32.4. The number of hydrogen-bond donors (Lipinski definition) is 2. The maximum atomic E-state index is 15.0. The molecule has 0 aromatic heterocycles. The van der Waals surface area contributed by atoms with Gasteiger partial charge >= 0.3 is 0 Å². The molecule has 4 atom stereocenters. The van der Waals surface area contributed by atoms with Crippen molar-refractivity contribution in [3.63, 3.8) is 0 Å². The summed E-state index contributed by atoms with van der Waals surface area (Å²) in [5.41, 5.74) is 4.60. The van der Waals surface area contributed by atoms with Crippen molar-refractivity contribution in [1.82, 2.24) is 4.31 Å². The van der Waals surface area contributed by atoms with Gasteiger partial charge in [-0.1, -0.05) is 128 Å². The van der Waals surface area contributed by atoms with Gasteiger partial charge in [0.05, 0.1) is 18.0 Å². The molecule has 280 valence electrons. The number of nitrogens with zero attached hydrogens (tertiary/aromatic N) is 1. The van der Waals surface area contributed by atoms with Gasteiger partial charge in [0.25, 0.3) is 0 Å². The molecule has 8 rings (SSSR count). The molecule has 0 amide bonds. The van der Waals surface area contributed by atoms with Crippen molar-refractivity contribution in [2.24, 2.45) is 5.41 Å². The van der Waals surface area contributed by atoms with E-state index in [0.717, 1.165) is 45.0 Å². The molecular formula is C47H51NO5S. The van der Waals surface area contributed by atoms with Crippen molar-refractivity contribution < 1.29 is 23.4 Å². The highest BCUT2D eigenvalue weighted by Crippen LogP contribution is 2.59. The predicted molar refractivity (Wildman–Crippen MR) is 218 cm³/mol. The Morgan fingerprint density at radius 1 is 0.852 bits per heavy atom. The van der Waals surface area contributed by atoms with Crippen LogP contribution in [-0.2, 0) is 23.0 Å². The van der Waals surface area contributed by atoms with Crippen LogP contribution < -0.4 is 0 Å². The summed E-state index contributed by atoms with van der Waals surface area (Å²) in [5, 5.41) is 26.1. The van der Waals surface area contributed by atoms with Gasteiger partial charge in [0.2, 0.25) is 10.0 Å². The van der Waals surface area contributed by atoms with Crippen LogP contribution in [0.15, 0.2) is 127 Å². The molecule has 0 saturated heterocycles. The van der Waals surface area contributed by atoms with Crippen LogP contribution in [0.25, 0.3) is 21.9 Å². The van der Waals surface area contributed by atoms with E-state index in [9.17, 15) is 23.4 Å². The molecule has 6 nitrogen and oxygen atoms in total. The number of allylic oxidation sites excluding steroid dienone is 2. The number of fused-ring (bicyclic) bond motifs is 9. The Hall–Kier alpha value is -4.40. The Morgan fingerprint density at radius 3 is 2.37 bits per heavy atom. The summed E-state index contributed by atoms with van der Waals surface area (Å²) in [6, 6.07) is 37.5. The second-order valence-electron chi connectivity index (χ2n) is 15.9. The normalized spacial score (nSPS) is 23.6. The second-order valence-corrected chi connectivity index (χ2v) is 17.8. The molecule has 2 N–H and O–H groups in total. The van der Waals surface area contributed by atoms with Crippen molar-refractivity contribution in [2.45, 2.75) is 83.0 Å². The minimum Gasteiger partial charge on any atom is -0.393 e. The molecule has 0 heterocycles. The topological polar surface area (TPSA) is 94.9 Å². The average Bonchev–Trinajstić information content (AvgIpc) is 3.42. The second kappa shape index (κ2) is 15.4. The van der Waals surface area contributed by atoms with Crippen LogP contribution in [-0.4, -0.2) is 53.2 Å². The lowest BCUT2D eigenvalue weighted by atomic mass is 9.64. The third kappa shape index (κ3) is 7.60. The summed E-state index contributed by atoms with van der Waals surface area (Å²) in [6.07, 6.45) is 6.89. The van der Waals surface area contributed by atoms with Crippen molar-refractivity contribution in [2.75, 3.05) is 12.8 Å². The number of carbonyl (C=O) groups excluding carboxylic acids is 1. The summed E-state index contributed by atoms with van der Waals surface area (Å²) in [7, 11) is -3.74. The van der Waals surface area contributed by atoms with Crippen LogP contribution >= 0.6 is 0 Å². The molecule has 2 bridgehead atoms. The Labute approximate surface area is 320 Å². The minimum absolute atomic E-state index is 0.0604. The summed E-state index contributed by atoms with van der Waals surface area (Å²) >= 11 is 0. The van der Waals surface area contributed by atoms with Gasteiger partial charge in [-0.2, -0.15) is 4.31 Å². The third-order valence-corrected chi connectivity index (χ3v) is 13.5. The number of sulfonamides is 1. The van der Waals surface area contributed by atoms with E-state index >= 15 is 0 Å². The molecule has 5 aromatic rings. The van der Waals surface area contributed by atoms with Crippen molar-refractivity contribution in [3.05, 3.63) is 155 Å². The summed E-state index contributed by atoms with van der Waals surface area (Å²) < 4.78 is 28.6. The molecular weight excluding hydrogens is 691 g/mol. The highest BCUT2D eigenvalue weighted by atomic mass is 32.2. The summed E-state index contributed by atoms with van der Waals surface area (Å²) in [5.74, 6) is -0.338. The SMILES string of the molecule is CC1=CCC[C@@]2(C)[C@@H](CC[C@@]2(O)CN(Cc2cccc3ccccc23)S(C)(=O)=O)c2ccc(cc2C(=O)c2ccccc2-c2ccccc2)C[C@@H](O)CC1. The number of hydrogen-bond acceptors (Lipinski definition) is 5. The largest absolute Gasteiger partial charge is 0.393 e. The molecule has 5 aromatic carbocycles. The van der Waals surface area contributed by atoms with E-state index in [1.807, 2.05) is 115 Å². The fourth-order valence-corrected chi connectivity index (χ4v) is 9.92. The maximum Gasteiger partial charge on any atom is 0.211 e. The zero-order valence-electron chi connectivity index (χ0n) is 31.5. The smallest absolute Gasteiger partial charge is 0.211 e. The molecule has 1 fully saturated rings. The first-order valence-electron chi connectivity index (χ1n) is 19.2. The molecule has 0 aliphatic heterocycles. The van der Waals surface area contributed by atoms with Crippen molar-refractivity contribution >= 4 is 26.6 Å². The van der Waals surface area contributed by atoms with Crippen LogP contribution in [0.5, 0.6) is 0 Å².